The van der Waals surface area contributed by atoms with Crippen LogP contribution in [0.4, 0.5) is 10.1 Å². The summed E-state index contributed by atoms with van der Waals surface area (Å²) >= 11 is 3.30. The molecule has 0 fully saturated rings. The van der Waals surface area contributed by atoms with E-state index in [1.165, 1.54) is 6.07 Å². The zero-order valence-corrected chi connectivity index (χ0v) is 10.8. The number of para-hydroxylation sites is 1. The fourth-order valence-electron chi connectivity index (χ4n) is 1.45. The second-order valence-electron chi connectivity index (χ2n) is 3.55. The fraction of sp³-hybridized carbons (Fsp3) is 0.167. The highest BCUT2D eigenvalue weighted by Gasteiger charge is 2.05. The molecule has 2 aromatic rings. The van der Waals surface area contributed by atoms with Gasteiger partial charge in [0, 0.05) is 10.7 Å². The van der Waals surface area contributed by atoms with Crippen LogP contribution in [0, 0.1) is 12.7 Å². The van der Waals surface area contributed by atoms with Gasteiger partial charge in [0.2, 0.25) is 0 Å². The summed E-state index contributed by atoms with van der Waals surface area (Å²) in [4.78, 5) is 8.24. The van der Waals surface area contributed by atoms with Gasteiger partial charge in [0.15, 0.2) is 0 Å². The number of halogens is 2. The lowest BCUT2D eigenvalue weighted by atomic mass is 10.3. The maximum atomic E-state index is 13.5. The Kier molecular flexibility index (Phi) is 3.68. The van der Waals surface area contributed by atoms with Crippen LogP contribution in [0.25, 0.3) is 0 Å². The number of nitrogens with one attached hydrogen (secondary N) is 1. The van der Waals surface area contributed by atoms with E-state index in [4.69, 9.17) is 0 Å². The smallest absolute Gasteiger partial charge is 0.147 e. The number of nitrogens with zero attached hydrogens (tertiary/aromatic N) is 2. The molecule has 0 atom stereocenters. The van der Waals surface area contributed by atoms with Crippen LogP contribution in [0.5, 0.6) is 0 Å². The molecule has 0 saturated carbocycles. The molecule has 1 aromatic carbocycles. The van der Waals surface area contributed by atoms with Gasteiger partial charge in [-0.2, -0.15) is 0 Å². The van der Waals surface area contributed by atoms with Crippen LogP contribution >= 0.6 is 15.9 Å². The van der Waals surface area contributed by atoms with Crippen molar-refractivity contribution in [3.8, 4) is 0 Å². The lowest BCUT2D eigenvalue weighted by Gasteiger charge is -2.09. The molecule has 0 aliphatic heterocycles. The predicted octanol–water partition coefficient (Wildman–Crippen LogP) is 3.30. The van der Waals surface area contributed by atoms with Crippen LogP contribution in [-0.2, 0) is 6.54 Å². The number of hydrogen-bond donors (Lipinski definition) is 1. The van der Waals surface area contributed by atoms with Crippen LogP contribution in [0.3, 0.4) is 0 Å². The molecule has 1 heterocycles. The van der Waals surface area contributed by atoms with Gasteiger partial charge in [0.25, 0.3) is 0 Å². The number of aryl methyl sites for hydroxylation is 1. The van der Waals surface area contributed by atoms with E-state index in [0.29, 0.717) is 22.5 Å². The summed E-state index contributed by atoms with van der Waals surface area (Å²) in [6.07, 6.45) is 1.69. The first-order chi connectivity index (χ1) is 8.16. The topological polar surface area (TPSA) is 37.8 Å². The molecule has 5 heteroatoms. The molecule has 0 aliphatic rings. The monoisotopic (exact) mass is 295 g/mol. The molecule has 17 heavy (non-hydrogen) atoms. The molecule has 0 radical (unpaired) electrons. The summed E-state index contributed by atoms with van der Waals surface area (Å²) in [7, 11) is 0. The van der Waals surface area contributed by atoms with Crippen molar-refractivity contribution in [2.45, 2.75) is 13.5 Å². The van der Waals surface area contributed by atoms with Crippen LogP contribution < -0.4 is 5.32 Å². The molecule has 0 saturated heterocycles. The second-order valence-corrected chi connectivity index (χ2v) is 4.40. The second kappa shape index (κ2) is 5.23. The van der Waals surface area contributed by atoms with Gasteiger partial charge in [-0.15, -0.1) is 0 Å². The van der Waals surface area contributed by atoms with E-state index in [0.717, 1.165) is 5.69 Å². The molecular weight excluding hydrogens is 285 g/mol. The van der Waals surface area contributed by atoms with E-state index in [9.17, 15) is 4.39 Å². The van der Waals surface area contributed by atoms with Gasteiger partial charge < -0.3 is 5.32 Å². The van der Waals surface area contributed by atoms with Gasteiger partial charge in [0.1, 0.15) is 11.6 Å². The first-order valence-electron chi connectivity index (χ1n) is 5.13. The molecule has 2 rings (SSSR count). The van der Waals surface area contributed by atoms with Crippen molar-refractivity contribution in [2.24, 2.45) is 0 Å². The van der Waals surface area contributed by atoms with Gasteiger partial charge in [-0.1, -0.05) is 6.07 Å². The summed E-state index contributed by atoms with van der Waals surface area (Å²) in [5.41, 5.74) is 1.27. The van der Waals surface area contributed by atoms with Gasteiger partial charge >= 0.3 is 0 Å². The van der Waals surface area contributed by atoms with Crippen molar-refractivity contribution in [1.29, 1.82) is 0 Å². The van der Waals surface area contributed by atoms with E-state index in [2.05, 4.69) is 31.2 Å². The molecule has 0 aliphatic carbocycles. The summed E-state index contributed by atoms with van der Waals surface area (Å²) in [6.45, 7) is 2.28. The zero-order valence-electron chi connectivity index (χ0n) is 9.24. The molecule has 0 unspecified atom stereocenters. The van der Waals surface area contributed by atoms with Crippen LogP contribution in [0.15, 0.2) is 34.9 Å². The van der Waals surface area contributed by atoms with E-state index in [1.807, 2.05) is 6.92 Å². The third kappa shape index (κ3) is 3.00. The number of anilines is 1. The Morgan fingerprint density at radius 2 is 2.18 bits per heavy atom. The number of aromatic nitrogens is 2. The number of benzene rings is 1. The van der Waals surface area contributed by atoms with Gasteiger partial charge in [0.05, 0.1) is 17.9 Å². The highest BCUT2D eigenvalue weighted by Crippen LogP contribution is 2.25. The minimum atomic E-state index is -0.287. The standard InChI is InChI=1S/C12H11BrFN3/c1-8-15-6-5-9(17-8)7-16-12-10(13)3-2-4-11(12)14/h2-6,16H,7H2,1H3. The van der Waals surface area contributed by atoms with Crippen molar-refractivity contribution in [3.05, 3.63) is 52.3 Å². The molecule has 1 aromatic heterocycles. The van der Waals surface area contributed by atoms with Crippen molar-refractivity contribution in [3.63, 3.8) is 0 Å². The Morgan fingerprint density at radius 1 is 1.35 bits per heavy atom. The first-order valence-corrected chi connectivity index (χ1v) is 5.92. The lowest BCUT2D eigenvalue weighted by Crippen LogP contribution is -2.05. The molecule has 0 amide bonds. The van der Waals surface area contributed by atoms with Crippen molar-refractivity contribution in [1.82, 2.24) is 9.97 Å². The molecule has 0 spiro atoms. The molecule has 1 N–H and O–H groups in total. The predicted molar refractivity (Wildman–Crippen MR) is 68.2 cm³/mol. The summed E-state index contributed by atoms with van der Waals surface area (Å²) < 4.78 is 14.2. The zero-order chi connectivity index (χ0) is 12.3. The van der Waals surface area contributed by atoms with Crippen molar-refractivity contribution >= 4 is 21.6 Å². The van der Waals surface area contributed by atoms with Gasteiger partial charge in [-0.3, -0.25) is 0 Å². The first kappa shape index (κ1) is 12.0. The number of rotatable bonds is 3. The van der Waals surface area contributed by atoms with Crippen LogP contribution in [-0.4, -0.2) is 9.97 Å². The van der Waals surface area contributed by atoms with E-state index >= 15 is 0 Å². The van der Waals surface area contributed by atoms with Gasteiger partial charge in [-0.25, -0.2) is 14.4 Å². The van der Waals surface area contributed by atoms with Crippen LogP contribution in [0.2, 0.25) is 0 Å². The SMILES string of the molecule is Cc1nccc(CNc2c(F)cccc2Br)n1. The highest BCUT2D eigenvalue weighted by molar-refractivity contribution is 9.10. The lowest BCUT2D eigenvalue weighted by molar-refractivity contribution is 0.629. The Hall–Kier alpha value is -1.49. The van der Waals surface area contributed by atoms with Crippen LogP contribution in [0.1, 0.15) is 11.5 Å². The quantitative estimate of drug-likeness (QED) is 0.944. The largest absolute Gasteiger partial charge is 0.376 e. The fourth-order valence-corrected chi connectivity index (χ4v) is 1.93. The Labute approximate surface area is 107 Å². The van der Waals surface area contributed by atoms with E-state index in [1.54, 1.807) is 24.4 Å². The van der Waals surface area contributed by atoms with E-state index < -0.39 is 0 Å². The summed E-state index contributed by atoms with van der Waals surface area (Å²) in [6, 6.07) is 6.66. The van der Waals surface area contributed by atoms with Crippen molar-refractivity contribution < 1.29 is 4.39 Å². The maximum absolute atomic E-state index is 13.5. The molecule has 88 valence electrons. The maximum Gasteiger partial charge on any atom is 0.147 e. The Bertz CT molecular complexity index is 511. The van der Waals surface area contributed by atoms with Gasteiger partial charge in [-0.05, 0) is 41.1 Å². The third-order valence-corrected chi connectivity index (χ3v) is 2.90. The number of hydrogen-bond acceptors (Lipinski definition) is 3. The highest BCUT2D eigenvalue weighted by atomic mass is 79.9. The average Bonchev–Trinajstić information content (AvgIpc) is 2.28. The normalized spacial score (nSPS) is 10.3. The minimum absolute atomic E-state index is 0.287. The molecule has 0 bridgehead atoms. The van der Waals surface area contributed by atoms with Crippen molar-refractivity contribution in [2.75, 3.05) is 5.32 Å². The summed E-state index contributed by atoms with van der Waals surface area (Å²) in [5.74, 6) is 0.419. The minimum Gasteiger partial charge on any atom is -0.376 e. The molecule has 3 nitrogen and oxygen atoms in total. The molecular formula is C12H11BrFN3. The average molecular weight is 296 g/mol. The van der Waals surface area contributed by atoms with E-state index in [-0.39, 0.29) is 5.82 Å². The third-order valence-electron chi connectivity index (χ3n) is 2.24. The summed E-state index contributed by atoms with van der Waals surface area (Å²) in [5, 5.41) is 3.01. The Balaban J connectivity index is 2.13. The Morgan fingerprint density at radius 3 is 2.88 bits per heavy atom.